The summed E-state index contributed by atoms with van der Waals surface area (Å²) >= 11 is 1.54. The molecule has 31 heavy (non-hydrogen) atoms. The van der Waals surface area contributed by atoms with Crippen LogP contribution in [0.4, 0.5) is 0 Å². The van der Waals surface area contributed by atoms with Crippen LogP contribution in [0.25, 0.3) is 32.5 Å². The Kier molecular flexibility index (Phi) is 4.59. The Bertz CT molecular complexity index is 1480. The number of amides is 1. The number of para-hydroxylation sites is 1. The predicted molar refractivity (Wildman–Crippen MR) is 121 cm³/mol. The Morgan fingerprint density at radius 3 is 2.74 bits per heavy atom. The zero-order valence-corrected chi connectivity index (χ0v) is 17.6. The second-order valence-corrected chi connectivity index (χ2v) is 8.28. The lowest BCUT2D eigenvalue weighted by molar-refractivity contribution is 0.101. The molecule has 154 valence electrons. The second-order valence-electron chi connectivity index (χ2n) is 7.33. The lowest BCUT2D eigenvalue weighted by Gasteiger charge is -2.11. The van der Waals surface area contributed by atoms with E-state index in [9.17, 15) is 9.59 Å². The molecule has 0 fully saturated rings. The molecule has 1 N–H and O–H groups in total. The molecule has 0 saturated carbocycles. The van der Waals surface area contributed by atoms with Gasteiger partial charge < -0.3 is 0 Å². The Morgan fingerprint density at radius 1 is 1.13 bits per heavy atom. The first kappa shape index (κ1) is 19.1. The van der Waals surface area contributed by atoms with Crippen LogP contribution in [0.1, 0.15) is 30.2 Å². The summed E-state index contributed by atoms with van der Waals surface area (Å²) in [6, 6.07) is 12.7. The zero-order valence-electron chi connectivity index (χ0n) is 16.8. The molecule has 1 amide bonds. The standard InChI is InChI=1S/C22H18N6O2S/c1-13(2)28-20-16(11-24-28)15(10-18(25-20)19-8-5-9-31-19)21(29)26-27-12-23-17-7-4-3-6-14(17)22(27)30/h3-13H,1-2H3,(H,26,29). The van der Waals surface area contributed by atoms with Crippen LogP contribution < -0.4 is 11.0 Å². The van der Waals surface area contributed by atoms with Crippen molar-refractivity contribution in [3.05, 3.63) is 76.3 Å². The van der Waals surface area contributed by atoms with E-state index in [1.807, 2.05) is 37.4 Å². The van der Waals surface area contributed by atoms with Gasteiger partial charge >= 0.3 is 0 Å². The maximum atomic E-state index is 13.3. The minimum Gasteiger partial charge on any atom is -0.267 e. The predicted octanol–water partition coefficient (Wildman–Crippen LogP) is 3.83. The summed E-state index contributed by atoms with van der Waals surface area (Å²) in [5.41, 5.74) is 4.58. The maximum absolute atomic E-state index is 13.3. The average molecular weight is 430 g/mol. The van der Waals surface area contributed by atoms with Gasteiger partial charge in [-0.05, 0) is 43.5 Å². The van der Waals surface area contributed by atoms with Crippen LogP contribution in [-0.4, -0.2) is 30.3 Å². The van der Waals surface area contributed by atoms with Crippen LogP contribution in [0.3, 0.4) is 0 Å². The summed E-state index contributed by atoms with van der Waals surface area (Å²) in [6.07, 6.45) is 2.95. The number of benzene rings is 1. The highest BCUT2D eigenvalue weighted by Gasteiger charge is 2.19. The highest BCUT2D eigenvalue weighted by molar-refractivity contribution is 7.13. The molecule has 0 spiro atoms. The molecule has 9 heteroatoms. The van der Waals surface area contributed by atoms with Gasteiger partial charge in [-0.2, -0.15) is 5.10 Å². The van der Waals surface area contributed by atoms with Crippen molar-refractivity contribution < 1.29 is 4.79 Å². The van der Waals surface area contributed by atoms with Crippen molar-refractivity contribution in [3.8, 4) is 10.6 Å². The number of aromatic nitrogens is 5. The Labute approximate surface area is 180 Å². The Hall–Kier alpha value is -3.85. The van der Waals surface area contributed by atoms with Gasteiger partial charge in [-0.1, -0.05) is 18.2 Å². The molecule has 0 unspecified atom stereocenters. The SMILES string of the molecule is CC(C)n1ncc2c(C(=O)Nn3cnc4ccccc4c3=O)cc(-c3cccs3)nc21. The van der Waals surface area contributed by atoms with E-state index in [0.717, 1.165) is 9.55 Å². The number of thiophene rings is 1. The molecule has 0 aliphatic carbocycles. The number of carbonyl (C=O) groups excluding carboxylic acids is 1. The van der Waals surface area contributed by atoms with Gasteiger partial charge in [0.1, 0.15) is 6.33 Å². The number of hydrogen-bond donors (Lipinski definition) is 1. The molecule has 0 bridgehead atoms. The monoisotopic (exact) mass is 430 g/mol. The lowest BCUT2D eigenvalue weighted by atomic mass is 10.1. The summed E-state index contributed by atoms with van der Waals surface area (Å²) in [6.45, 7) is 4.01. The van der Waals surface area contributed by atoms with Crippen molar-refractivity contribution in [1.82, 2.24) is 24.4 Å². The lowest BCUT2D eigenvalue weighted by Crippen LogP contribution is -2.33. The number of rotatable bonds is 4. The van der Waals surface area contributed by atoms with Crippen molar-refractivity contribution in [2.24, 2.45) is 0 Å². The fraction of sp³-hybridized carbons (Fsp3) is 0.136. The molecule has 8 nitrogen and oxygen atoms in total. The van der Waals surface area contributed by atoms with Crippen molar-refractivity contribution in [1.29, 1.82) is 0 Å². The van der Waals surface area contributed by atoms with Gasteiger partial charge in [0.05, 0.1) is 38.6 Å². The third kappa shape index (κ3) is 3.28. The van der Waals surface area contributed by atoms with Crippen molar-refractivity contribution in [2.75, 3.05) is 5.43 Å². The molecule has 0 atom stereocenters. The van der Waals surface area contributed by atoms with Crippen LogP contribution in [0.15, 0.2) is 65.2 Å². The average Bonchev–Trinajstić information content (AvgIpc) is 3.45. The number of nitrogens with one attached hydrogen (secondary N) is 1. The van der Waals surface area contributed by atoms with Gasteiger partial charge in [-0.15, -0.1) is 11.3 Å². The van der Waals surface area contributed by atoms with Gasteiger partial charge in [-0.25, -0.2) is 19.3 Å². The van der Waals surface area contributed by atoms with Crippen LogP contribution >= 0.6 is 11.3 Å². The van der Waals surface area contributed by atoms with Crippen molar-refractivity contribution in [3.63, 3.8) is 0 Å². The Morgan fingerprint density at radius 2 is 1.97 bits per heavy atom. The summed E-state index contributed by atoms with van der Waals surface area (Å²) in [5, 5.41) is 7.43. The molecule has 0 radical (unpaired) electrons. The number of nitrogens with zero attached hydrogens (tertiary/aromatic N) is 5. The topological polar surface area (TPSA) is 94.7 Å². The molecule has 4 aromatic heterocycles. The number of fused-ring (bicyclic) bond motifs is 2. The third-order valence-electron chi connectivity index (χ3n) is 4.96. The number of carbonyl (C=O) groups is 1. The summed E-state index contributed by atoms with van der Waals surface area (Å²) in [4.78, 5) is 36.0. The van der Waals surface area contributed by atoms with Crippen LogP contribution in [0.2, 0.25) is 0 Å². The molecule has 5 rings (SSSR count). The van der Waals surface area contributed by atoms with Gasteiger partial charge in [-0.3, -0.25) is 15.0 Å². The normalized spacial score (nSPS) is 11.5. The van der Waals surface area contributed by atoms with E-state index in [-0.39, 0.29) is 11.6 Å². The fourth-order valence-electron chi connectivity index (χ4n) is 3.45. The molecular formula is C22H18N6O2S. The smallest absolute Gasteiger partial charge is 0.267 e. The Balaban J connectivity index is 1.63. The van der Waals surface area contributed by atoms with Gasteiger partial charge in [0.2, 0.25) is 0 Å². The second kappa shape index (κ2) is 7.44. The molecular weight excluding hydrogens is 412 g/mol. The molecule has 0 aliphatic heterocycles. The van der Waals surface area contributed by atoms with E-state index in [2.05, 4.69) is 15.5 Å². The van der Waals surface area contributed by atoms with Crippen LogP contribution in [0.5, 0.6) is 0 Å². The van der Waals surface area contributed by atoms with E-state index in [1.54, 1.807) is 46.5 Å². The quantitative estimate of drug-likeness (QED) is 0.468. The van der Waals surface area contributed by atoms with E-state index in [4.69, 9.17) is 4.98 Å². The highest BCUT2D eigenvalue weighted by atomic mass is 32.1. The fourth-order valence-corrected chi connectivity index (χ4v) is 4.14. The minimum absolute atomic E-state index is 0.0757. The first-order valence-corrected chi connectivity index (χ1v) is 10.6. The molecule has 0 aliphatic rings. The number of hydrogen-bond acceptors (Lipinski definition) is 6. The minimum atomic E-state index is -0.437. The van der Waals surface area contributed by atoms with E-state index in [1.165, 1.54) is 6.33 Å². The summed E-state index contributed by atoms with van der Waals surface area (Å²) < 4.78 is 2.89. The summed E-state index contributed by atoms with van der Waals surface area (Å²) in [7, 11) is 0. The van der Waals surface area contributed by atoms with Gasteiger partial charge in [0.15, 0.2) is 5.65 Å². The van der Waals surface area contributed by atoms with Crippen LogP contribution in [0, 0.1) is 0 Å². The summed E-state index contributed by atoms with van der Waals surface area (Å²) in [5.74, 6) is -0.437. The number of pyridine rings is 1. The van der Waals surface area contributed by atoms with Crippen molar-refractivity contribution in [2.45, 2.75) is 19.9 Å². The van der Waals surface area contributed by atoms with E-state index in [0.29, 0.717) is 33.2 Å². The van der Waals surface area contributed by atoms with Crippen molar-refractivity contribution >= 4 is 39.2 Å². The zero-order chi connectivity index (χ0) is 21.5. The third-order valence-corrected chi connectivity index (χ3v) is 5.85. The largest absolute Gasteiger partial charge is 0.280 e. The molecule has 1 aromatic carbocycles. The first-order chi connectivity index (χ1) is 15.0. The van der Waals surface area contributed by atoms with Crippen LogP contribution in [-0.2, 0) is 0 Å². The molecule has 5 aromatic rings. The van der Waals surface area contributed by atoms with Gasteiger partial charge in [0.25, 0.3) is 11.5 Å². The van der Waals surface area contributed by atoms with E-state index < -0.39 is 5.91 Å². The van der Waals surface area contributed by atoms with E-state index >= 15 is 0 Å². The van der Waals surface area contributed by atoms with Gasteiger partial charge in [0, 0.05) is 6.04 Å². The molecule has 0 saturated heterocycles. The maximum Gasteiger partial charge on any atom is 0.280 e. The highest BCUT2D eigenvalue weighted by Crippen LogP contribution is 2.29. The first-order valence-electron chi connectivity index (χ1n) is 9.73. The molecule has 4 heterocycles.